The summed E-state index contributed by atoms with van der Waals surface area (Å²) in [5.74, 6) is 3.41. The maximum absolute atomic E-state index is 5.95. The van der Waals surface area contributed by atoms with Crippen LogP contribution in [0.2, 0.25) is 5.02 Å². The highest BCUT2D eigenvalue weighted by molar-refractivity contribution is 7.99. The molecule has 0 aromatic carbocycles. The normalized spacial score (nSPS) is 20.7. The number of hydrogen-bond donors (Lipinski definition) is 0. The van der Waals surface area contributed by atoms with E-state index in [-0.39, 0.29) is 0 Å². The Bertz CT molecular complexity index is 503. The van der Waals surface area contributed by atoms with E-state index in [0.717, 1.165) is 23.0 Å². The Kier molecular flexibility index (Phi) is 2.82. The molecule has 0 bridgehead atoms. The van der Waals surface area contributed by atoms with Gasteiger partial charge < -0.3 is 4.40 Å². The Morgan fingerprint density at radius 2 is 2.38 bits per heavy atom. The van der Waals surface area contributed by atoms with Gasteiger partial charge in [-0.3, -0.25) is 0 Å². The average Bonchev–Trinajstić information content (AvgIpc) is 2.86. The van der Waals surface area contributed by atoms with Crippen LogP contribution < -0.4 is 0 Å². The van der Waals surface area contributed by atoms with Gasteiger partial charge in [-0.2, -0.15) is 11.8 Å². The second-order valence-corrected chi connectivity index (χ2v) is 5.87. The predicted octanol–water partition coefficient (Wildman–Crippen LogP) is 3.28. The lowest BCUT2D eigenvalue weighted by atomic mass is 10.0. The minimum Gasteiger partial charge on any atom is -0.305 e. The molecule has 0 amide bonds. The maximum atomic E-state index is 5.95. The van der Waals surface area contributed by atoms with E-state index in [9.17, 15) is 0 Å². The van der Waals surface area contributed by atoms with Crippen molar-refractivity contribution < 1.29 is 0 Å². The standard InChI is InChI=1S/C12H13ClN2S/c13-10-1-2-12-14-11(7-15(12)6-10)5-9-3-4-16-8-9/h1-2,6-7,9H,3-5,8H2. The molecule has 1 unspecified atom stereocenters. The summed E-state index contributed by atoms with van der Waals surface area (Å²) in [5, 5.41) is 0.757. The monoisotopic (exact) mass is 252 g/mol. The third-order valence-corrected chi connectivity index (χ3v) is 4.44. The maximum Gasteiger partial charge on any atom is 0.137 e. The zero-order chi connectivity index (χ0) is 11.0. The fourth-order valence-corrected chi connectivity index (χ4v) is 3.61. The minimum absolute atomic E-state index is 0.757. The van der Waals surface area contributed by atoms with Gasteiger partial charge >= 0.3 is 0 Å². The van der Waals surface area contributed by atoms with Crippen LogP contribution in [0, 0.1) is 5.92 Å². The van der Waals surface area contributed by atoms with Crippen LogP contribution in [0.25, 0.3) is 5.65 Å². The molecule has 1 atom stereocenters. The van der Waals surface area contributed by atoms with Gasteiger partial charge in [0.1, 0.15) is 5.65 Å². The second kappa shape index (κ2) is 4.30. The van der Waals surface area contributed by atoms with E-state index >= 15 is 0 Å². The number of halogens is 1. The molecule has 3 heterocycles. The van der Waals surface area contributed by atoms with E-state index in [0.29, 0.717) is 0 Å². The first-order valence-corrected chi connectivity index (χ1v) is 7.05. The molecular weight excluding hydrogens is 240 g/mol. The first kappa shape index (κ1) is 10.5. The van der Waals surface area contributed by atoms with Crippen molar-refractivity contribution in [1.82, 2.24) is 9.38 Å². The predicted molar refractivity (Wildman–Crippen MR) is 69.3 cm³/mol. The molecule has 3 rings (SSSR count). The molecule has 1 fully saturated rings. The van der Waals surface area contributed by atoms with Crippen molar-refractivity contribution in [1.29, 1.82) is 0 Å². The number of rotatable bonds is 2. The first-order chi connectivity index (χ1) is 7.81. The minimum atomic E-state index is 0.757. The summed E-state index contributed by atoms with van der Waals surface area (Å²) in [6.45, 7) is 0. The van der Waals surface area contributed by atoms with Gasteiger partial charge in [0.05, 0.1) is 10.7 Å². The summed E-state index contributed by atoms with van der Waals surface area (Å²) in [7, 11) is 0. The topological polar surface area (TPSA) is 17.3 Å². The summed E-state index contributed by atoms with van der Waals surface area (Å²) in [4.78, 5) is 4.61. The van der Waals surface area contributed by atoms with Crippen molar-refractivity contribution in [3.05, 3.63) is 35.2 Å². The molecule has 0 spiro atoms. The Hall–Kier alpha value is -0.670. The molecule has 0 radical (unpaired) electrons. The fourth-order valence-electron chi connectivity index (χ4n) is 2.16. The number of hydrogen-bond acceptors (Lipinski definition) is 2. The zero-order valence-corrected chi connectivity index (χ0v) is 10.5. The Morgan fingerprint density at radius 1 is 1.44 bits per heavy atom. The van der Waals surface area contributed by atoms with E-state index in [4.69, 9.17) is 11.6 Å². The lowest BCUT2D eigenvalue weighted by Crippen LogP contribution is -2.02. The molecule has 0 saturated carbocycles. The summed E-state index contributed by atoms with van der Waals surface area (Å²) < 4.78 is 2.01. The summed E-state index contributed by atoms with van der Waals surface area (Å²) in [6, 6.07) is 3.86. The number of thioether (sulfide) groups is 1. The van der Waals surface area contributed by atoms with Crippen LogP contribution in [-0.4, -0.2) is 20.9 Å². The number of pyridine rings is 1. The van der Waals surface area contributed by atoms with Crippen LogP contribution in [0.15, 0.2) is 24.5 Å². The van der Waals surface area contributed by atoms with Gasteiger partial charge in [-0.15, -0.1) is 0 Å². The number of nitrogens with zero attached hydrogens (tertiary/aromatic N) is 2. The second-order valence-electron chi connectivity index (χ2n) is 4.28. The Morgan fingerprint density at radius 3 is 3.19 bits per heavy atom. The zero-order valence-electron chi connectivity index (χ0n) is 8.90. The number of aromatic nitrogens is 2. The molecule has 1 saturated heterocycles. The van der Waals surface area contributed by atoms with Gasteiger partial charge in [0, 0.05) is 12.4 Å². The average molecular weight is 253 g/mol. The highest BCUT2D eigenvalue weighted by Crippen LogP contribution is 2.26. The molecular formula is C12H13ClN2S. The van der Waals surface area contributed by atoms with Crippen molar-refractivity contribution in [2.24, 2.45) is 5.92 Å². The van der Waals surface area contributed by atoms with Crippen molar-refractivity contribution in [3.63, 3.8) is 0 Å². The van der Waals surface area contributed by atoms with Gasteiger partial charge in [-0.25, -0.2) is 4.98 Å². The molecule has 0 aliphatic carbocycles. The van der Waals surface area contributed by atoms with Crippen molar-refractivity contribution >= 4 is 29.0 Å². The highest BCUT2D eigenvalue weighted by atomic mass is 35.5. The lowest BCUT2D eigenvalue weighted by Gasteiger charge is -2.03. The van der Waals surface area contributed by atoms with Crippen molar-refractivity contribution in [2.45, 2.75) is 12.8 Å². The summed E-state index contributed by atoms with van der Waals surface area (Å²) >= 11 is 8.00. The number of fused-ring (bicyclic) bond motifs is 1. The van der Waals surface area contributed by atoms with Gasteiger partial charge in [0.25, 0.3) is 0 Å². The van der Waals surface area contributed by atoms with Crippen molar-refractivity contribution in [3.8, 4) is 0 Å². The number of imidazole rings is 1. The molecule has 1 aliphatic heterocycles. The van der Waals surface area contributed by atoms with Crippen LogP contribution in [0.5, 0.6) is 0 Å². The van der Waals surface area contributed by atoms with E-state index < -0.39 is 0 Å². The first-order valence-electron chi connectivity index (χ1n) is 5.52. The third kappa shape index (κ3) is 2.06. The molecule has 84 valence electrons. The van der Waals surface area contributed by atoms with E-state index in [1.807, 2.05) is 22.7 Å². The molecule has 4 heteroatoms. The molecule has 2 nitrogen and oxygen atoms in total. The molecule has 1 aliphatic rings. The summed E-state index contributed by atoms with van der Waals surface area (Å²) in [5.41, 5.74) is 2.18. The van der Waals surface area contributed by atoms with Crippen LogP contribution in [0.4, 0.5) is 0 Å². The third-order valence-electron chi connectivity index (χ3n) is 2.99. The smallest absolute Gasteiger partial charge is 0.137 e. The van der Waals surface area contributed by atoms with Crippen LogP contribution in [-0.2, 0) is 6.42 Å². The SMILES string of the molecule is Clc1ccc2nc(CC3CCSC3)cn2c1. The van der Waals surface area contributed by atoms with E-state index in [1.165, 1.54) is 23.6 Å². The largest absolute Gasteiger partial charge is 0.305 e. The van der Waals surface area contributed by atoms with E-state index in [2.05, 4.69) is 22.9 Å². The van der Waals surface area contributed by atoms with Crippen LogP contribution in [0.1, 0.15) is 12.1 Å². The fraction of sp³-hybridized carbons (Fsp3) is 0.417. The van der Waals surface area contributed by atoms with Crippen molar-refractivity contribution in [2.75, 3.05) is 11.5 Å². The van der Waals surface area contributed by atoms with Crippen LogP contribution in [0.3, 0.4) is 0 Å². The van der Waals surface area contributed by atoms with E-state index in [1.54, 1.807) is 0 Å². The Labute approximate surface area is 104 Å². The van der Waals surface area contributed by atoms with Crippen LogP contribution >= 0.6 is 23.4 Å². The molecule has 0 N–H and O–H groups in total. The van der Waals surface area contributed by atoms with Gasteiger partial charge in [-0.1, -0.05) is 11.6 Å². The summed E-state index contributed by atoms with van der Waals surface area (Å²) in [6.07, 6.45) is 6.45. The quantitative estimate of drug-likeness (QED) is 0.816. The molecule has 2 aromatic heterocycles. The molecule has 16 heavy (non-hydrogen) atoms. The Balaban J connectivity index is 1.86. The van der Waals surface area contributed by atoms with Gasteiger partial charge in [0.15, 0.2) is 0 Å². The molecule has 2 aromatic rings. The highest BCUT2D eigenvalue weighted by Gasteiger charge is 2.17. The van der Waals surface area contributed by atoms with Gasteiger partial charge in [0.2, 0.25) is 0 Å². The van der Waals surface area contributed by atoms with Gasteiger partial charge in [-0.05, 0) is 42.4 Å². The lowest BCUT2D eigenvalue weighted by molar-refractivity contribution is 0.589.